The molecule has 3 heteroatoms. The van der Waals surface area contributed by atoms with E-state index in [0.717, 1.165) is 11.1 Å². The summed E-state index contributed by atoms with van der Waals surface area (Å²) in [7, 11) is 0. The van der Waals surface area contributed by atoms with E-state index in [9.17, 15) is 9.59 Å². The first-order chi connectivity index (χ1) is 11.9. The van der Waals surface area contributed by atoms with Crippen LogP contribution in [-0.4, -0.2) is 29.7 Å². The molecule has 0 aliphatic carbocycles. The fourth-order valence-corrected chi connectivity index (χ4v) is 2.63. The zero-order chi connectivity index (χ0) is 18.4. The molecule has 0 heterocycles. The van der Waals surface area contributed by atoms with Gasteiger partial charge in [0.2, 0.25) is 0 Å². The normalized spacial score (nSPS) is 10.2. The standard InChI is InChI=1S/C22H23NO2/c1-16(2)14-23(15-17(3)4)22(25)20-13-9-8-12-19(20)21(24)18-10-6-5-7-11-18/h5-13H,1,3,14-15H2,2,4H3. The summed E-state index contributed by atoms with van der Waals surface area (Å²) in [6, 6.07) is 15.9. The fraction of sp³-hybridized carbons (Fsp3) is 0.182. The molecule has 0 saturated carbocycles. The van der Waals surface area contributed by atoms with Crippen LogP contribution in [0.2, 0.25) is 0 Å². The van der Waals surface area contributed by atoms with E-state index in [4.69, 9.17) is 0 Å². The largest absolute Gasteiger partial charge is 0.331 e. The Morgan fingerprint density at radius 3 is 1.80 bits per heavy atom. The van der Waals surface area contributed by atoms with Crippen molar-refractivity contribution < 1.29 is 9.59 Å². The molecule has 0 saturated heterocycles. The molecule has 0 N–H and O–H groups in total. The maximum Gasteiger partial charge on any atom is 0.255 e. The molecule has 128 valence electrons. The van der Waals surface area contributed by atoms with E-state index in [1.165, 1.54) is 0 Å². The van der Waals surface area contributed by atoms with E-state index >= 15 is 0 Å². The fourth-order valence-electron chi connectivity index (χ4n) is 2.63. The number of benzene rings is 2. The molecule has 0 bridgehead atoms. The minimum atomic E-state index is -0.189. The van der Waals surface area contributed by atoms with Gasteiger partial charge in [-0.1, -0.05) is 72.8 Å². The van der Waals surface area contributed by atoms with Crippen LogP contribution in [0.4, 0.5) is 0 Å². The number of amides is 1. The van der Waals surface area contributed by atoms with Crippen LogP contribution in [0.25, 0.3) is 0 Å². The first-order valence-electron chi connectivity index (χ1n) is 8.17. The minimum Gasteiger partial charge on any atom is -0.331 e. The second-order valence-electron chi connectivity index (χ2n) is 6.32. The van der Waals surface area contributed by atoms with Gasteiger partial charge in [0, 0.05) is 24.2 Å². The van der Waals surface area contributed by atoms with Gasteiger partial charge in [0.05, 0.1) is 5.56 Å². The zero-order valence-corrected chi connectivity index (χ0v) is 14.8. The van der Waals surface area contributed by atoms with Crippen molar-refractivity contribution in [2.24, 2.45) is 0 Å². The van der Waals surface area contributed by atoms with Crippen molar-refractivity contribution in [1.82, 2.24) is 4.90 Å². The van der Waals surface area contributed by atoms with Crippen molar-refractivity contribution in [3.05, 3.63) is 95.6 Å². The van der Waals surface area contributed by atoms with Crippen molar-refractivity contribution in [2.45, 2.75) is 13.8 Å². The van der Waals surface area contributed by atoms with Crippen molar-refractivity contribution >= 4 is 11.7 Å². The average Bonchev–Trinajstić information content (AvgIpc) is 2.60. The molecule has 2 aromatic carbocycles. The molecule has 0 aliphatic rings. The minimum absolute atomic E-state index is 0.157. The zero-order valence-electron chi connectivity index (χ0n) is 14.8. The van der Waals surface area contributed by atoms with Gasteiger partial charge < -0.3 is 4.90 Å². The van der Waals surface area contributed by atoms with Crippen LogP contribution in [0, 0.1) is 0 Å². The van der Waals surface area contributed by atoms with Crippen LogP contribution in [0.5, 0.6) is 0 Å². The lowest BCUT2D eigenvalue weighted by Gasteiger charge is -2.24. The highest BCUT2D eigenvalue weighted by Crippen LogP contribution is 2.18. The number of carbonyl (C=O) groups is 2. The SMILES string of the molecule is C=C(C)CN(CC(=C)C)C(=O)c1ccccc1C(=O)c1ccccc1. The van der Waals surface area contributed by atoms with Gasteiger partial charge in [0.25, 0.3) is 5.91 Å². The number of rotatable bonds is 7. The van der Waals surface area contributed by atoms with E-state index in [0.29, 0.717) is 29.8 Å². The Bertz CT molecular complexity index is 790. The Labute approximate surface area is 149 Å². The second-order valence-corrected chi connectivity index (χ2v) is 6.32. The van der Waals surface area contributed by atoms with Crippen molar-refractivity contribution in [2.75, 3.05) is 13.1 Å². The predicted octanol–water partition coefficient (Wildman–Crippen LogP) is 4.51. The molecule has 0 atom stereocenters. The van der Waals surface area contributed by atoms with E-state index < -0.39 is 0 Å². The van der Waals surface area contributed by atoms with Crippen LogP contribution < -0.4 is 0 Å². The van der Waals surface area contributed by atoms with Crippen LogP contribution in [0.1, 0.15) is 40.1 Å². The maximum atomic E-state index is 13.1. The number of hydrogen-bond donors (Lipinski definition) is 0. The maximum absolute atomic E-state index is 13.1. The third-order valence-corrected chi connectivity index (χ3v) is 3.65. The Morgan fingerprint density at radius 2 is 1.28 bits per heavy atom. The van der Waals surface area contributed by atoms with E-state index in [1.54, 1.807) is 41.3 Å². The quantitative estimate of drug-likeness (QED) is 0.552. The van der Waals surface area contributed by atoms with Crippen LogP contribution in [-0.2, 0) is 0 Å². The molecule has 0 fully saturated rings. The molecule has 0 radical (unpaired) electrons. The summed E-state index contributed by atoms with van der Waals surface area (Å²) in [6.07, 6.45) is 0. The molecule has 0 spiro atoms. The van der Waals surface area contributed by atoms with Crippen LogP contribution >= 0.6 is 0 Å². The first kappa shape index (κ1) is 18.4. The van der Waals surface area contributed by atoms with Gasteiger partial charge in [-0.15, -0.1) is 0 Å². The monoisotopic (exact) mass is 333 g/mol. The van der Waals surface area contributed by atoms with E-state index in [2.05, 4.69) is 13.2 Å². The predicted molar refractivity (Wildman–Crippen MR) is 102 cm³/mol. The van der Waals surface area contributed by atoms with Crippen molar-refractivity contribution in [3.63, 3.8) is 0 Å². The number of nitrogens with zero attached hydrogens (tertiary/aromatic N) is 1. The molecule has 0 aliphatic heterocycles. The van der Waals surface area contributed by atoms with Crippen molar-refractivity contribution in [3.8, 4) is 0 Å². The average molecular weight is 333 g/mol. The summed E-state index contributed by atoms with van der Waals surface area (Å²) >= 11 is 0. The molecule has 0 aromatic heterocycles. The molecule has 0 unspecified atom stereocenters. The number of ketones is 1. The summed E-state index contributed by atoms with van der Waals surface area (Å²) in [4.78, 5) is 27.6. The number of hydrogen-bond acceptors (Lipinski definition) is 2. The Morgan fingerprint density at radius 1 is 0.800 bits per heavy atom. The number of carbonyl (C=O) groups excluding carboxylic acids is 2. The summed E-state index contributed by atoms with van der Waals surface area (Å²) in [5.74, 6) is -0.346. The lowest BCUT2D eigenvalue weighted by molar-refractivity contribution is 0.0779. The molecule has 1 amide bonds. The summed E-state index contributed by atoms with van der Waals surface area (Å²) < 4.78 is 0. The van der Waals surface area contributed by atoms with Gasteiger partial charge in [0.1, 0.15) is 0 Å². The third kappa shape index (κ3) is 4.77. The van der Waals surface area contributed by atoms with Gasteiger partial charge >= 0.3 is 0 Å². The molecular weight excluding hydrogens is 310 g/mol. The summed E-state index contributed by atoms with van der Waals surface area (Å²) in [5.41, 5.74) is 3.13. The smallest absolute Gasteiger partial charge is 0.255 e. The third-order valence-electron chi connectivity index (χ3n) is 3.65. The second kappa shape index (κ2) is 8.25. The van der Waals surface area contributed by atoms with Crippen LogP contribution in [0.15, 0.2) is 78.9 Å². The van der Waals surface area contributed by atoms with Gasteiger partial charge in [-0.3, -0.25) is 9.59 Å². The first-order valence-corrected chi connectivity index (χ1v) is 8.17. The van der Waals surface area contributed by atoms with E-state index in [-0.39, 0.29) is 11.7 Å². The van der Waals surface area contributed by atoms with Gasteiger partial charge in [-0.05, 0) is 19.9 Å². The highest BCUT2D eigenvalue weighted by Gasteiger charge is 2.22. The Balaban J connectivity index is 2.41. The van der Waals surface area contributed by atoms with Crippen LogP contribution in [0.3, 0.4) is 0 Å². The molecule has 3 nitrogen and oxygen atoms in total. The molecule has 25 heavy (non-hydrogen) atoms. The van der Waals surface area contributed by atoms with Crippen molar-refractivity contribution in [1.29, 1.82) is 0 Å². The Kier molecular flexibility index (Phi) is 6.07. The molecule has 2 aromatic rings. The summed E-state index contributed by atoms with van der Waals surface area (Å²) in [6.45, 7) is 12.4. The Hall–Kier alpha value is -2.94. The van der Waals surface area contributed by atoms with Gasteiger partial charge in [0.15, 0.2) is 5.78 Å². The highest BCUT2D eigenvalue weighted by atomic mass is 16.2. The van der Waals surface area contributed by atoms with E-state index in [1.807, 2.05) is 32.0 Å². The lowest BCUT2D eigenvalue weighted by atomic mass is 9.97. The van der Waals surface area contributed by atoms with Gasteiger partial charge in [-0.25, -0.2) is 0 Å². The molecule has 2 rings (SSSR count). The lowest BCUT2D eigenvalue weighted by Crippen LogP contribution is -2.34. The summed E-state index contributed by atoms with van der Waals surface area (Å²) in [5, 5.41) is 0. The molecular formula is C22H23NO2. The topological polar surface area (TPSA) is 37.4 Å². The highest BCUT2D eigenvalue weighted by molar-refractivity contribution is 6.15. The van der Waals surface area contributed by atoms with Gasteiger partial charge in [-0.2, -0.15) is 0 Å².